The molecule has 0 fully saturated rings. The molecule has 0 spiro atoms. The zero-order chi connectivity index (χ0) is 17.0. The molecule has 1 atom stereocenters. The Balaban J connectivity index is 2.12. The van der Waals surface area contributed by atoms with E-state index in [2.05, 4.69) is 4.72 Å². The standard InChI is InChI=1S/C16H17NO4S2/c1-11-3-5-13(6-4-11)22-14-7-9-15(10-8-14)23(20,21)17-12(2)16(18)19/h3-10,12,17H,1-2H3,(H,18,19)/t12-/m1/s1. The lowest BCUT2D eigenvalue weighted by atomic mass is 10.2. The molecule has 0 radical (unpaired) electrons. The molecule has 0 aromatic heterocycles. The Labute approximate surface area is 139 Å². The molecule has 0 saturated heterocycles. The highest BCUT2D eigenvalue weighted by atomic mass is 32.2. The Bertz CT molecular complexity index is 784. The van der Waals surface area contributed by atoms with Gasteiger partial charge in [-0.1, -0.05) is 29.5 Å². The van der Waals surface area contributed by atoms with Crippen LogP contribution in [0.3, 0.4) is 0 Å². The van der Waals surface area contributed by atoms with Crippen molar-refractivity contribution in [3.05, 3.63) is 54.1 Å². The third-order valence-corrected chi connectivity index (χ3v) is 5.67. The third-order valence-electron chi connectivity index (χ3n) is 3.09. The molecule has 0 unspecified atom stereocenters. The zero-order valence-corrected chi connectivity index (χ0v) is 14.3. The maximum Gasteiger partial charge on any atom is 0.321 e. The van der Waals surface area contributed by atoms with Crippen LogP contribution in [0, 0.1) is 6.92 Å². The molecule has 0 aliphatic heterocycles. The molecule has 0 aliphatic rings. The summed E-state index contributed by atoms with van der Waals surface area (Å²) in [7, 11) is -3.84. The van der Waals surface area contributed by atoms with Gasteiger partial charge < -0.3 is 5.11 Å². The maximum absolute atomic E-state index is 12.1. The molecule has 0 heterocycles. The van der Waals surface area contributed by atoms with Gasteiger partial charge in [-0.25, -0.2) is 8.42 Å². The first-order valence-corrected chi connectivity index (χ1v) is 9.17. The summed E-state index contributed by atoms with van der Waals surface area (Å²) < 4.78 is 26.3. The van der Waals surface area contributed by atoms with E-state index >= 15 is 0 Å². The minimum absolute atomic E-state index is 0.0406. The summed E-state index contributed by atoms with van der Waals surface area (Å²) in [6.45, 7) is 3.29. The molecule has 2 rings (SSSR count). The van der Waals surface area contributed by atoms with E-state index in [9.17, 15) is 13.2 Å². The smallest absolute Gasteiger partial charge is 0.321 e. The predicted molar refractivity (Wildman–Crippen MR) is 89.2 cm³/mol. The molecule has 0 aliphatic carbocycles. The fourth-order valence-electron chi connectivity index (χ4n) is 1.78. The van der Waals surface area contributed by atoms with Crippen molar-refractivity contribution >= 4 is 27.8 Å². The molecule has 2 N–H and O–H groups in total. The van der Waals surface area contributed by atoms with Crippen molar-refractivity contribution in [1.29, 1.82) is 0 Å². The van der Waals surface area contributed by atoms with Crippen LogP contribution < -0.4 is 4.72 Å². The number of sulfonamides is 1. The van der Waals surface area contributed by atoms with Crippen LogP contribution in [-0.2, 0) is 14.8 Å². The van der Waals surface area contributed by atoms with Gasteiger partial charge >= 0.3 is 5.97 Å². The van der Waals surface area contributed by atoms with Crippen LogP contribution >= 0.6 is 11.8 Å². The van der Waals surface area contributed by atoms with Gasteiger partial charge in [-0.2, -0.15) is 4.72 Å². The summed E-state index contributed by atoms with van der Waals surface area (Å²) in [5.74, 6) is -1.22. The largest absolute Gasteiger partial charge is 0.480 e. The van der Waals surface area contributed by atoms with Crippen LogP contribution in [0.2, 0.25) is 0 Å². The van der Waals surface area contributed by atoms with Gasteiger partial charge in [0.05, 0.1) is 4.90 Å². The quantitative estimate of drug-likeness (QED) is 0.836. The highest BCUT2D eigenvalue weighted by Gasteiger charge is 2.21. The lowest BCUT2D eigenvalue weighted by Crippen LogP contribution is -2.38. The first-order valence-electron chi connectivity index (χ1n) is 6.87. The first kappa shape index (κ1) is 17.5. The lowest BCUT2D eigenvalue weighted by Gasteiger charge is -2.10. The molecule has 7 heteroatoms. The van der Waals surface area contributed by atoms with Crippen LogP contribution in [0.4, 0.5) is 0 Å². The Morgan fingerprint density at radius 2 is 1.52 bits per heavy atom. The topological polar surface area (TPSA) is 83.5 Å². The number of benzene rings is 2. The summed E-state index contributed by atoms with van der Waals surface area (Å²) in [5.41, 5.74) is 1.18. The van der Waals surface area contributed by atoms with E-state index in [1.54, 1.807) is 12.1 Å². The Kier molecular flexibility index (Phi) is 5.46. The van der Waals surface area contributed by atoms with E-state index in [4.69, 9.17) is 5.11 Å². The van der Waals surface area contributed by atoms with Crippen LogP contribution in [0.25, 0.3) is 0 Å². The number of aliphatic carboxylic acids is 1. The maximum atomic E-state index is 12.1. The summed E-state index contributed by atoms with van der Waals surface area (Å²) in [5, 5.41) is 8.79. The van der Waals surface area contributed by atoms with Gasteiger partial charge in [0.2, 0.25) is 10.0 Å². The SMILES string of the molecule is Cc1ccc(Sc2ccc(S(=O)(=O)N[C@H](C)C(=O)O)cc2)cc1. The highest BCUT2D eigenvalue weighted by molar-refractivity contribution is 7.99. The van der Waals surface area contributed by atoms with Crippen molar-refractivity contribution in [2.24, 2.45) is 0 Å². The Morgan fingerprint density at radius 1 is 1.04 bits per heavy atom. The molecule has 0 amide bonds. The van der Waals surface area contributed by atoms with Crippen molar-refractivity contribution in [2.45, 2.75) is 34.6 Å². The van der Waals surface area contributed by atoms with E-state index in [0.717, 1.165) is 9.79 Å². The monoisotopic (exact) mass is 351 g/mol. The molecule has 23 heavy (non-hydrogen) atoms. The number of carboxylic acids is 1. The molecule has 5 nitrogen and oxygen atoms in total. The van der Waals surface area contributed by atoms with Gasteiger partial charge in [-0.3, -0.25) is 4.79 Å². The summed E-state index contributed by atoms with van der Waals surface area (Å²) in [6, 6.07) is 13.2. The van der Waals surface area contributed by atoms with Crippen molar-refractivity contribution in [1.82, 2.24) is 4.72 Å². The van der Waals surface area contributed by atoms with Gasteiger partial charge in [0, 0.05) is 9.79 Å². The molecule has 0 bridgehead atoms. The van der Waals surface area contributed by atoms with E-state index in [1.165, 1.54) is 36.4 Å². The van der Waals surface area contributed by atoms with Crippen molar-refractivity contribution in [2.75, 3.05) is 0 Å². The third kappa shape index (κ3) is 4.82. The second kappa shape index (κ2) is 7.16. The van der Waals surface area contributed by atoms with Crippen LogP contribution in [0.5, 0.6) is 0 Å². The minimum atomic E-state index is -3.84. The number of hydrogen-bond donors (Lipinski definition) is 2. The van der Waals surface area contributed by atoms with Gasteiger partial charge in [0.15, 0.2) is 0 Å². The summed E-state index contributed by atoms with van der Waals surface area (Å²) in [6.07, 6.45) is 0. The van der Waals surface area contributed by atoms with Gasteiger partial charge in [0.1, 0.15) is 6.04 Å². The Hall–Kier alpha value is -1.83. The van der Waals surface area contributed by atoms with Gasteiger partial charge in [-0.15, -0.1) is 0 Å². The zero-order valence-electron chi connectivity index (χ0n) is 12.7. The second-order valence-corrected chi connectivity index (χ2v) is 7.93. The average Bonchev–Trinajstić information content (AvgIpc) is 2.49. The molecule has 2 aromatic carbocycles. The van der Waals surface area contributed by atoms with Crippen molar-refractivity contribution in [3.8, 4) is 0 Å². The van der Waals surface area contributed by atoms with E-state index in [1.807, 2.05) is 31.2 Å². The van der Waals surface area contributed by atoms with Crippen molar-refractivity contribution in [3.63, 3.8) is 0 Å². The highest BCUT2D eigenvalue weighted by Crippen LogP contribution is 2.28. The van der Waals surface area contributed by atoms with Crippen LogP contribution in [-0.4, -0.2) is 25.5 Å². The van der Waals surface area contributed by atoms with Crippen molar-refractivity contribution < 1.29 is 18.3 Å². The predicted octanol–water partition coefficient (Wildman–Crippen LogP) is 2.90. The number of carboxylic acid groups (broad SMARTS) is 1. The normalized spacial score (nSPS) is 12.8. The average molecular weight is 351 g/mol. The molecule has 0 saturated carbocycles. The second-order valence-electron chi connectivity index (χ2n) is 5.07. The fraction of sp³-hybridized carbons (Fsp3) is 0.188. The number of rotatable bonds is 6. The molecular weight excluding hydrogens is 334 g/mol. The fourth-order valence-corrected chi connectivity index (χ4v) is 3.79. The number of carbonyl (C=O) groups is 1. The number of nitrogens with one attached hydrogen (secondary N) is 1. The summed E-state index contributed by atoms with van der Waals surface area (Å²) >= 11 is 1.53. The van der Waals surface area contributed by atoms with Crippen LogP contribution in [0.1, 0.15) is 12.5 Å². The molecule has 2 aromatic rings. The van der Waals surface area contributed by atoms with E-state index < -0.39 is 22.0 Å². The summed E-state index contributed by atoms with van der Waals surface area (Å²) in [4.78, 5) is 12.8. The van der Waals surface area contributed by atoms with Gasteiger partial charge in [0.25, 0.3) is 0 Å². The molecular formula is C16H17NO4S2. The molecule has 122 valence electrons. The lowest BCUT2D eigenvalue weighted by molar-refractivity contribution is -0.138. The van der Waals surface area contributed by atoms with E-state index in [0.29, 0.717) is 0 Å². The Morgan fingerprint density at radius 3 is 2.00 bits per heavy atom. The minimum Gasteiger partial charge on any atom is -0.480 e. The van der Waals surface area contributed by atoms with Gasteiger partial charge in [-0.05, 0) is 50.2 Å². The first-order chi connectivity index (χ1) is 10.8. The van der Waals surface area contributed by atoms with E-state index in [-0.39, 0.29) is 4.90 Å². The number of aryl methyl sites for hydroxylation is 1. The number of hydrogen-bond acceptors (Lipinski definition) is 4. The van der Waals surface area contributed by atoms with Crippen LogP contribution in [0.15, 0.2) is 63.2 Å².